The molecule has 2 aromatic rings. The molecular formula is C16H23ClN4O. The Morgan fingerprint density at radius 2 is 2.41 bits per heavy atom. The van der Waals surface area contributed by atoms with Crippen LogP contribution in [0.5, 0.6) is 0 Å². The molecule has 0 aromatic carbocycles. The maximum Gasteiger partial charge on any atom is 0.177 e. The van der Waals surface area contributed by atoms with Gasteiger partial charge in [0.2, 0.25) is 0 Å². The highest BCUT2D eigenvalue weighted by Crippen LogP contribution is 2.24. The molecule has 0 radical (unpaired) electrons. The maximum atomic E-state index is 6.14. The van der Waals surface area contributed by atoms with Crippen molar-refractivity contribution in [3.8, 4) is 0 Å². The fourth-order valence-corrected chi connectivity index (χ4v) is 3.21. The Morgan fingerprint density at radius 3 is 3.14 bits per heavy atom. The summed E-state index contributed by atoms with van der Waals surface area (Å²) >= 11 is 6.14. The van der Waals surface area contributed by atoms with Crippen LogP contribution in [0.15, 0.2) is 12.3 Å². The highest BCUT2D eigenvalue weighted by molar-refractivity contribution is 6.29. The smallest absolute Gasteiger partial charge is 0.177 e. The summed E-state index contributed by atoms with van der Waals surface area (Å²) in [6.45, 7) is 6.14. The summed E-state index contributed by atoms with van der Waals surface area (Å²) in [6, 6.07) is 1.85. The molecule has 22 heavy (non-hydrogen) atoms. The molecule has 1 aliphatic heterocycles. The lowest BCUT2D eigenvalue weighted by Crippen LogP contribution is -2.19. The molecule has 2 atom stereocenters. The minimum absolute atomic E-state index is 0.418. The number of imidazole rings is 1. The molecule has 3 heterocycles. The Kier molecular flexibility index (Phi) is 4.84. The van der Waals surface area contributed by atoms with Crippen LogP contribution < -0.4 is 5.32 Å². The number of nitrogens with zero attached hydrogens (tertiary/aromatic N) is 3. The summed E-state index contributed by atoms with van der Waals surface area (Å²) in [5.41, 5.74) is 2.85. The molecule has 2 aromatic heterocycles. The molecular weight excluding hydrogens is 300 g/mol. The van der Waals surface area contributed by atoms with Gasteiger partial charge in [0.15, 0.2) is 10.8 Å². The van der Waals surface area contributed by atoms with Crippen LogP contribution in [0.3, 0.4) is 0 Å². The second kappa shape index (κ2) is 6.84. The average Bonchev–Trinajstić information content (AvgIpc) is 3.16. The van der Waals surface area contributed by atoms with Gasteiger partial charge in [-0.05, 0) is 31.6 Å². The molecule has 0 saturated carbocycles. The molecule has 2 unspecified atom stereocenters. The van der Waals surface area contributed by atoms with Gasteiger partial charge in [0.1, 0.15) is 0 Å². The fraction of sp³-hybridized carbons (Fsp3) is 0.625. The van der Waals surface area contributed by atoms with Crippen molar-refractivity contribution < 1.29 is 4.74 Å². The van der Waals surface area contributed by atoms with E-state index in [0.29, 0.717) is 17.2 Å². The first kappa shape index (κ1) is 15.6. The van der Waals surface area contributed by atoms with Crippen molar-refractivity contribution in [2.24, 2.45) is 5.92 Å². The lowest BCUT2D eigenvalue weighted by molar-refractivity contribution is 0.0676. The zero-order valence-corrected chi connectivity index (χ0v) is 13.9. The first-order valence-corrected chi connectivity index (χ1v) is 8.45. The standard InChI is InChI=1S/C16H23ClN4O/c1-3-12-10-19-16-13(9-15(17)20-21(12)16)18-7-6-11(2)14-5-4-8-22-14/h9-11,14,18H,3-8H2,1-2H3. The van der Waals surface area contributed by atoms with Gasteiger partial charge in [0, 0.05) is 19.2 Å². The van der Waals surface area contributed by atoms with Gasteiger partial charge < -0.3 is 10.1 Å². The summed E-state index contributed by atoms with van der Waals surface area (Å²) < 4.78 is 7.58. The van der Waals surface area contributed by atoms with Gasteiger partial charge in [-0.1, -0.05) is 25.4 Å². The average molecular weight is 323 g/mol. The van der Waals surface area contributed by atoms with Crippen LogP contribution in [0.25, 0.3) is 5.65 Å². The van der Waals surface area contributed by atoms with Crippen molar-refractivity contribution in [3.63, 3.8) is 0 Å². The van der Waals surface area contributed by atoms with E-state index in [9.17, 15) is 0 Å². The second-order valence-electron chi connectivity index (χ2n) is 5.96. The summed E-state index contributed by atoms with van der Waals surface area (Å²) in [4.78, 5) is 4.46. The van der Waals surface area contributed by atoms with E-state index < -0.39 is 0 Å². The second-order valence-corrected chi connectivity index (χ2v) is 6.35. The van der Waals surface area contributed by atoms with Crippen molar-refractivity contribution in [2.75, 3.05) is 18.5 Å². The van der Waals surface area contributed by atoms with Gasteiger partial charge in [0.25, 0.3) is 0 Å². The Morgan fingerprint density at radius 1 is 1.55 bits per heavy atom. The summed E-state index contributed by atoms with van der Waals surface area (Å²) in [7, 11) is 0. The SMILES string of the molecule is CCc1cnc2c(NCCC(C)C3CCCO3)cc(Cl)nn12. The molecule has 1 aliphatic rings. The fourth-order valence-electron chi connectivity index (χ4n) is 3.03. The Hall–Kier alpha value is -1.33. The molecule has 1 saturated heterocycles. The molecule has 0 bridgehead atoms. The number of hydrogen-bond donors (Lipinski definition) is 1. The van der Waals surface area contributed by atoms with Gasteiger partial charge >= 0.3 is 0 Å². The zero-order chi connectivity index (χ0) is 15.5. The quantitative estimate of drug-likeness (QED) is 0.883. The molecule has 0 amide bonds. The minimum Gasteiger partial charge on any atom is -0.382 e. The van der Waals surface area contributed by atoms with Crippen LogP contribution in [0, 0.1) is 5.92 Å². The highest BCUT2D eigenvalue weighted by Gasteiger charge is 2.22. The number of nitrogens with one attached hydrogen (secondary N) is 1. The third kappa shape index (κ3) is 3.20. The first-order valence-electron chi connectivity index (χ1n) is 8.07. The molecule has 0 spiro atoms. The van der Waals surface area contributed by atoms with Crippen LogP contribution in [0.2, 0.25) is 5.15 Å². The van der Waals surface area contributed by atoms with Crippen LogP contribution in [0.1, 0.15) is 38.8 Å². The first-order chi connectivity index (χ1) is 10.7. The van der Waals surface area contributed by atoms with E-state index in [2.05, 4.69) is 29.2 Å². The molecule has 1 N–H and O–H groups in total. The Labute approximate surface area is 136 Å². The summed E-state index contributed by atoms with van der Waals surface area (Å²) in [5, 5.41) is 8.27. The van der Waals surface area contributed by atoms with Crippen molar-refractivity contribution in [1.29, 1.82) is 0 Å². The van der Waals surface area contributed by atoms with Crippen molar-refractivity contribution in [1.82, 2.24) is 14.6 Å². The molecule has 5 nitrogen and oxygen atoms in total. The number of aryl methyl sites for hydroxylation is 1. The number of halogens is 1. The number of fused-ring (bicyclic) bond motifs is 1. The normalized spacial score (nSPS) is 19.7. The van der Waals surface area contributed by atoms with E-state index >= 15 is 0 Å². The third-order valence-electron chi connectivity index (χ3n) is 4.39. The van der Waals surface area contributed by atoms with E-state index in [-0.39, 0.29) is 0 Å². The number of aromatic nitrogens is 3. The molecule has 1 fully saturated rings. The van der Waals surface area contributed by atoms with Crippen LogP contribution in [-0.2, 0) is 11.2 Å². The van der Waals surface area contributed by atoms with Crippen molar-refractivity contribution in [3.05, 3.63) is 23.1 Å². The van der Waals surface area contributed by atoms with E-state index in [0.717, 1.165) is 43.0 Å². The molecule has 3 rings (SSSR count). The molecule has 0 aliphatic carbocycles. The lowest BCUT2D eigenvalue weighted by Gasteiger charge is -2.19. The van der Waals surface area contributed by atoms with Gasteiger partial charge in [-0.3, -0.25) is 0 Å². The zero-order valence-electron chi connectivity index (χ0n) is 13.2. The maximum absolute atomic E-state index is 6.14. The number of hydrogen-bond acceptors (Lipinski definition) is 4. The molecule has 6 heteroatoms. The highest BCUT2D eigenvalue weighted by atomic mass is 35.5. The monoisotopic (exact) mass is 322 g/mol. The Bertz CT molecular complexity index is 636. The predicted octanol–water partition coefficient (Wildman–Crippen LogP) is 3.56. The number of anilines is 1. The van der Waals surface area contributed by atoms with Crippen LogP contribution in [0.4, 0.5) is 5.69 Å². The van der Waals surface area contributed by atoms with E-state index in [4.69, 9.17) is 16.3 Å². The van der Waals surface area contributed by atoms with Crippen LogP contribution >= 0.6 is 11.6 Å². The van der Waals surface area contributed by atoms with E-state index in [1.165, 1.54) is 12.8 Å². The number of ether oxygens (including phenoxy) is 1. The van der Waals surface area contributed by atoms with Gasteiger partial charge in [-0.25, -0.2) is 9.50 Å². The molecule has 120 valence electrons. The van der Waals surface area contributed by atoms with E-state index in [1.807, 2.05) is 16.8 Å². The van der Waals surface area contributed by atoms with Crippen molar-refractivity contribution in [2.45, 2.75) is 45.6 Å². The summed E-state index contributed by atoms with van der Waals surface area (Å²) in [5.74, 6) is 0.564. The minimum atomic E-state index is 0.418. The van der Waals surface area contributed by atoms with E-state index in [1.54, 1.807) is 0 Å². The summed E-state index contributed by atoms with van der Waals surface area (Å²) in [6.07, 6.45) is 6.60. The van der Waals surface area contributed by atoms with Crippen LogP contribution in [-0.4, -0.2) is 33.9 Å². The lowest BCUT2D eigenvalue weighted by atomic mass is 9.99. The third-order valence-corrected chi connectivity index (χ3v) is 4.57. The van der Waals surface area contributed by atoms with Gasteiger partial charge in [0.05, 0.1) is 23.7 Å². The Balaban J connectivity index is 1.67. The van der Waals surface area contributed by atoms with Gasteiger partial charge in [-0.2, -0.15) is 5.10 Å². The largest absolute Gasteiger partial charge is 0.382 e. The predicted molar refractivity (Wildman–Crippen MR) is 88.6 cm³/mol. The topological polar surface area (TPSA) is 51.5 Å². The number of rotatable bonds is 6. The van der Waals surface area contributed by atoms with Gasteiger partial charge in [-0.15, -0.1) is 0 Å². The van der Waals surface area contributed by atoms with Crippen molar-refractivity contribution >= 4 is 22.9 Å².